The third-order valence-corrected chi connectivity index (χ3v) is 2.00. The number of hydrogen-bond acceptors (Lipinski definition) is 2. The monoisotopic (exact) mass is 178 g/mol. The van der Waals surface area contributed by atoms with Gasteiger partial charge < -0.3 is 5.11 Å². The minimum absolute atomic E-state index is 0.106. The van der Waals surface area contributed by atoms with E-state index in [9.17, 15) is 9.59 Å². The number of aromatic carboxylic acids is 1. The second-order valence-electron chi connectivity index (χ2n) is 2.91. The average Bonchev–Trinajstić information content (AvgIpc) is 2.07. The highest BCUT2D eigenvalue weighted by atomic mass is 16.4. The molecule has 68 valence electrons. The average molecular weight is 178 g/mol. The van der Waals surface area contributed by atoms with Crippen LogP contribution in [0.15, 0.2) is 12.1 Å². The van der Waals surface area contributed by atoms with E-state index in [0.29, 0.717) is 17.4 Å². The normalized spacial score (nSPS) is 9.69. The number of carboxylic acid groups (broad SMARTS) is 1. The van der Waals surface area contributed by atoms with Gasteiger partial charge in [0.2, 0.25) is 0 Å². The first-order valence-corrected chi connectivity index (χ1v) is 3.86. The lowest BCUT2D eigenvalue weighted by atomic mass is 9.98. The zero-order chi connectivity index (χ0) is 10.0. The molecule has 0 unspecified atom stereocenters. The molecule has 0 amide bonds. The van der Waals surface area contributed by atoms with E-state index in [1.54, 1.807) is 26.0 Å². The molecule has 0 atom stereocenters. The van der Waals surface area contributed by atoms with Gasteiger partial charge in [0.05, 0.1) is 5.56 Å². The van der Waals surface area contributed by atoms with Crippen molar-refractivity contribution < 1.29 is 14.7 Å². The van der Waals surface area contributed by atoms with Crippen LogP contribution in [0, 0.1) is 13.8 Å². The predicted molar refractivity (Wildman–Crippen MR) is 48.3 cm³/mol. The molecule has 0 heterocycles. The van der Waals surface area contributed by atoms with E-state index >= 15 is 0 Å². The van der Waals surface area contributed by atoms with Gasteiger partial charge in [0.15, 0.2) is 6.29 Å². The Hall–Kier alpha value is -1.64. The smallest absolute Gasteiger partial charge is 0.336 e. The Bertz CT molecular complexity index is 367. The summed E-state index contributed by atoms with van der Waals surface area (Å²) in [5, 5.41) is 8.84. The molecule has 0 aliphatic heterocycles. The Kier molecular flexibility index (Phi) is 2.46. The van der Waals surface area contributed by atoms with Crippen molar-refractivity contribution in [1.29, 1.82) is 0 Å². The summed E-state index contributed by atoms with van der Waals surface area (Å²) in [5.41, 5.74) is 1.68. The molecule has 3 heteroatoms. The summed E-state index contributed by atoms with van der Waals surface area (Å²) in [4.78, 5) is 21.4. The molecule has 0 aliphatic carbocycles. The third kappa shape index (κ3) is 1.59. The molecule has 0 radical (unpaired) electrons. The molecular formula is C10H10O3. The van der Waals surface area contributed by atoms with Crippen molar-refractivity contribution in [3.63, 3.8) is 0 Å². The lowest BCUT2D eigenvalue weighted by molar-refractivity contribution is 0.0693. The summed E-state index contributed by atoms with van der Waals surface area (Å²) in [7, 11) is 0. The second kappa shape index (κ2) is 3.39. The van der Waals surface area contributed by atoms with Gasteiger partial charge in [0.25, 0.3) is 0 Å². The van der Waals surface area contributed by atoms with E-state index in [1.165, 1.54) is 0 Å². The maximum absolute atomic E-state index is 10.8. The zero-order valence-electron chi connectivity index (χ0n) is 7.50. The highest BCUT2D eigenvalue weighted by Gasteiger charge is 2.14. The first-order valence-electron chi connectivity index (χ1n) is 3.86. The van der Waals surface area contributed by atoms with Crippen molar-refractivity contribution in [3.05, 3.63) is 34.4 Å². The summed E-state index contributed by atoms with van der Waals surface area (Å²) in [6.07, 6.45) is 0.589. The standard InChI is InChI=1S/C10H10O3/c1-6-3-4-7(2)9(10(12)13)8(6)5-11/h3-5H,1-2H3,(H,12,13). The Morgan fingerprint density at radius 1 is 1.31 bits per heavy atom. The van der Waals surface area contributed by atoms with E-state index < -0.39 is 5.97 Å². The number of benzene rings is 1. The van der Waals surface area contributed by atoms with Gasteiger partial charge in [0.1, 0.15) is 0 Å². The molecule has 0 bridgehead atoms. The number of aldehydes is 1. The minimum Gasteiger partial charge on any atom is -0.478 e. The quantitative estimate of drug-likeness (QED) is 0.702. The lowest BCUT2D eigenvalue weighted by Gasteiger charge is -2.06. The van der Waals surface area contributed by atoms with Crippen LogP contribution in [0.2, 0.25) is 0 Å². The van der Waals surface area contributed by atoms with Gasteiger partial charge >= 0.3 is 5.97 Å². The Labute approximate surface area is 76.0 Å². The van der Waals surface area contributed by atoms with Crippen molar-refractivity contribution in [2.24, 2.45) is 0 Å². The Balaban J connectivity index is 3.52. The fourth-order valence-corrected chi connectivity index (χ4v) is 1.27. The van der Waals surface area contributed by atoms with Gasteiger partial charge in [-0.05, 0) is 25.0 Å². The molecular weight excluding hydrogens is 168 g/mol. The number of carbonyl (C=O) groups is 2. The van der Waals surface area contributed by atoms with Crippen LogP contribution in [0.4, 0.5) is 0 Å². The van der Waals surface area contributed by atoms with E-state index in [0.717, 1.165) is 0 Å². The Morgan fingerprint density at radius 2 is 1.85 bits per heavy atom. The summed E-state index contributed by atoms with van der Waals surface area (Å²) >= 11 is 0. The predicted octanol–water partition coefficient (Wildman–Crippen LogP) is 1.81. The van der Waals surface area contributed by atoms with Crippen molar-refractivity contribution in [2.75, 3.05) is 0 Å². The van der Waals surface area contributed by atoms with Crippen LogP contribution in [0.1, 0.15) is 31.8 Å². The Morgan fingerprint density at radius 3 is 2.23 bits per heavy atom. The van der Waals surface area contributed by atoms with E-state index in [4.69, 9.17) is 5.11 Å². The van der Waals surface area contributed by atoms with Gasteiger partial charge in [-0.3, -0.25) is 4.79 Å². The molecule has 1 aromatic carbocycles. The minimum atomic E-state index is -1.05. The van der Waals surface area contributed by atoms with E-state index in [2.05, 4.69) is 0 Å². The molecule has 0 saturated carbocycles. The maximum Gasteiger partial charge on any atom is 0.336 e. The van der Waals surface area contributed by atoms with E-state index in [1.807, 2.05) is 0 Å². The third-order valence-electron chi connectivity index (χ3n) is 2.00. The van der Waals surface area contributed by atoms with Crippen molar-refractivity contribution >= 4 is 12.3 Å². The number of aryl methyl sites for hydroxylation is 2. The number of rotatable bonds is 2. The molecule has 0 spiro atoms. The highest BCUT2D eigenvalue weighted by molar-refractivity contribution is 5.99. The summed E-state index contributed by atoms with van der Waals surface area (Å²) in [6, 6.07) is 3.44. The summed E-state index contributed by atoms with van der Waals surface area (Å²) in [5.74, 6) is -1.05. The van der Waals surface area contributed by atoms with Crippen molar-refractivity contribution in [2.45, 2.75) is 13.8 Å². The van der Waals surface area contributed by atoms with Crippen LogP contribution < -0.4 is 0 Å². The number of carbonyl (C=O) groups excluding carboxylic acids is 1. The molecule has 0 saturated heterocycles. The van der Waals surface area contributed by atoms with Crippen molar-refractivity contribution in [1.82, 2.24) is 0 Å². The maximum atomic E-state index is 10.8. The number of hydrogen-bond donors (Lipinski definition) is 1. The molecule has 1 aromatic rings. The van der Waals surface area contributed by atoms with Gasteiger partial charge in [0, 0.05) is 5.56 Å². The van der Waals surface area contributed by atoms with Crippen LogP contribution in [0.5, 0.6) is 0 Å². The number of carboxylic acids is 1. The second-order valence-corrected chi connectivity index (χ2v) is 2.91. The van der Waals surface area contributed by atoms with Crippen LogP contribution >= 0.6 is 0 Å². The fraction of sp³-hybridized carbons (Fsp3) is 0.200. The fourth-order valence-electron chi connectivity index (χ4n) is 1.27. The molecule has 1 N–H and O–H groups in total. The molecule has 13 heavy (non-hydrogen) atoms. The van der Waals surface area contributed by atoms with Crippen LogP contribution in [-0.2, 0) is 0 Å². The molecule has 0 fully saturated rings. The van der Waals surface area contributed by atoms with Gasteiger partial charge in [-0.15, -0.1) is 0 Å². The van der Waals surface area contributed by atoms with Crippen LogP contribution in [-0.4, -0.2) is 17.4 Å². The molecule has 1 rings (SSSR count). The summed E-state index contributed by atoms with van der Waals surface area (Å²) < 4.78 is 0. The van der Waals surface area contributed by atoms with Crippen LogP contribution in [0.25, 0.3) is 0 Å². The largest absolute Gasteiger partial charge is 0.478 e. The first kappa shape index (κ1) is 9.45. The molecule has 0 aliphatic rings. The highest BCUT2D eigenvalue weighted by Crippen LogP contribution is 2.16. The van der Waals surface area contributed by atoms with Crippen LogP contribution in [0.3, 0.4) is 0 Å². The SMILES string of the molecule is Cc1ccc(C)c(C(=O)O)c1C=O. The molecule has 0 aromatic heterocycles. The topological polar surface area (TPSA) is 54.4 Å². The van der Waals surface area contributed by atoms with Crippen molar-refractivity contribution in [3.8, 4) is 0 Å². The summed E-state index contributed by atoms with van der Waals surface area (Å²) in [6.45, 7) is 3.39. The lowest BCUT2D eigenvalue weighted by Crippen LogP contribution is -2.06. The van der Waals surface area contributed by atoms with Gasteiger partial charge in [-0.2, -0.15) is 0 Å². The van der Waals surface area contributed by atoms with E-state index in [-0.39, 0.29) is 11.1 Å². The first-order chi connectivity index (χ1) is 6.07. The van der Waals surface area contributed by atoms with Gasteiger partial charge in [-0.1, -0.05) is 12.1 Å². The zero-order valence-corrected chi connectivity index (χ0v) is 7.50. The molecule has 3 nitrogen and oxygen atoms in total. The van der Waals surface area contributed by atoms with Gasteiger partial charge in [-0.25, -0.2) is 4.79 Å².